The van der Waals surface area contributed by atoms with Gasteiger partial charge in [0.05, 0.1) is 0 Å². The van der Waals surface area contributed by atoms with Crippen LogP contribution in [-0.2, 0) is 4.79 Å². The number of carbonyl (C=O) groups excluding carboxylic acids is 1. The van der Waals surface area contributed by atoms with E-state index in [2.05, 4.69) is 13.8 Å². The van der Waals surface area contributed by atoms with Gasteiger partial charge in [-0.05, 0) is 31.6 Å². The predicted octanol–water partition coefficient (Wildman–Crippen LogP) is 2.68. The molecule has 1 saturated carbocycles. The molecule has 0 aliphatic heterocycles. The molecule has 0 unspecified atom stereocenters. The second kappa shape index (κ2) is 5.38. The third-order valence-electron chi connectivity index (χ3n) is 2.88. The number of rotatable bonds is 5. The lowest BCUT2D eigenvalue weighted by Crippen LogP contribution is -2.36. The first-order valence-electron chi connectivity index (χ1n) is 7.14. The van der Waals surface area contributed by atoms with Crippen molar-refractivity contribution in [2.45, 2.75) is 46.0 Å². The monoisotopic (exact) mass is 200 g/mol. The zero-order valence-corrected chi connectivity index (χ0v) is 9.25. The highest BCUT2D eigenvalue weighted by Gasteiger charge is 2.27. The van der Waals surface area contributed by atoms with E-state index < -0.39 is 6.98 Å². The fourth-order valence-electron chi connectivity index (χ4n) is 1.64. The Kier molecular flexibility index (Phi) is 2.96. The first-order chi connectivity index (χ1) is 7.82. The van der Waals surface area contributed by atoms with Crippen molar-refractivity contribution in [3.8, 4) is 0 Å². The first-order valence-corrected chi connectivity index (χ1v) is 5.64. The molecule has 0 bridgehead atoms. The Bertz CT molecular complexity index is 259. The van der Waals surface area contributed by atoms with Crippen molar-refractivity contribution in [1.82, 2.24) is 4.90 Å². The van der Waals surface area contributed by atoms with Crippen LogP contribution in [0.2, 0.25) is 0 Å². The van der Waals surface area contributed by atoms with Crippen LogP contribution in [0.25, 0.3) is 0 Å². The molecule has 2 heteroatoms. The summed E-state index contributed by atoms with van der Waals surface area (Å²) in [4.78, 5) is 13.1. The molecule has 0 saturated heterocycles. The average molecular weight is 200 g/mol. The van der Waals surface area contributed by atoms with E-state index in [1.54, 1.807) is 0 Å². The molecule has 1 amide bonds. The summed E-state index contributed by atoms with van der Waals surface area (Å²) in [6.45, 7) is 2.30. The van der Waals surface area contributed by atoms with Gasteiger partial charge in [0.15, 0.2) is 0 Å². The molecule has 14 heavy (non-hydrogen) atoms. The van der Waals surface area contributed by atoms with Crippen LogP contribution < -0.4 is 0 Å². The molecule has 0 aromatic rings. The lowest BCUT2D eigenvalue weighted by Gasteiger charge is -2.29. The van der Waals surface area contributed by atoms with E-state index in [0.717, 1.165) is 37.0 Å². The third-order valence-corrected chi connectivity index (χ3v) is 2.88. The van der Waals surface area contributed by atoms with E-state index in [1.807, 2.05) is 0 Å². The van der Waals surface area contributed by atoms with Crippen LogP contribution in [0.1, 0.15) is 50.1 Å². The fraction of sp³-hybridized carbons (Fsp3) is 0.917. The van der Waals surface area contributed by atoms with Gasteiger partial charge in [0.25, 0.3) is 0 Å². The number of hydrogen-bond acceptors (Lipinski definition) is 1. The van der Waals surface area contributed by atoms with Crippen molar-refractivity contribution in [3.63, 3.8) is 0 Å². The van der Waals surface area contributed by atoms with Gasteiger partial charge in [0.1, 0.15) is 0 Å². The van der Waals surface area contributed by atoms with Gasteiger partial charge in [-0.3, -0.25) is 4.79 Å². The highest BCUT2D eigenvalue weighted by molar-refractivity contribution is 5.79. The van der Waals surface area contributed by atoms with Crippen molar-refractivity contribution < 1.29 is 8.91 Å². The summed E-state index contributed by atoms with van der Waals surface area (Å²) in [6, 6.07) is 0. The molecule has 0 aromatic carbocycles. The maximum atomic E-state index is 12.0. The topological polar surface area (TPSA) is 20.3 Å². The summed E-state index contributed by atoms with van der Waals surface area (Å²) in [5.41, 5.74) is 0. The molecule has 0 aromatic heterocycles. The SMILES string of the molecule is [2H]C([2H])([2H])N(CCCC(C)C)C(=O)C1CCC1. The summed E-state index contributed by atoms with van der Waals surface area (Å²) < 4.78 is 22.3. The second-order valence-corrected chi connectivity index (χ2v) is 4.65. The molecule has 1 aliphatic carbocycles. The van der Waals surface area contributed by atoms with Crippen LogP contribution in [0.5, 0.6) is 0 Å². The molecule has 0 heterocycles. The van der Waals surface area contributed by atoms with Gasteiger partial charge in [-0.25, -0.2) is 0 Å². The van der Waals surface area contributed by atoms with E-state index in [4.69, 9.17) is 4.11 Å². The van der Waals surface area contributed by atoms with Gasteiger partial charge in [-0.15, -0.1) is 0 Å². The summed E-state index contributed by atoms with van der Waals surface area (Å²) in [6.07, 6.45) is 4.50. The van der Waals surface area contributed by atoms with Crippen LogP contribution in [0, 0.1) is 11.8 Å². The summed E-state index contributed by atoms with van der Waals surface area (Å²) in [7, 11) is 0. The quantitative estimate of drug-likeness (QED) is 0.668. The van der Waals surface area contributed by atoms with Crippen molar-refractivity contribution in [2.24, 2.45) is 11.8 Å². The lowest BCUT2D eigenvalue weighted by molar-refractivity contribution is -0.136. The molecular weight excluding hydrogens is 174 g/mol. The van der Waals surface area contributed by atoms with E-state index in [9.17, 15) is 4.79 Å². The molecule has 1 fully saturated rings. The minimum Gasteiger partial charge on any atom is -0.346 e. The van der Waals surface area contributed by atoms with Crippen LogP contribution >= 0.6 is 0 Å². The van der Waals surface area contributed by atoms with Crippen LogP contribution in [0.3, 0.4) is 0 Å². The lowest BCUT2D eigenvalue weighted by atomic mass is 9.84. The molecule has 2 nitrogen and oxygen atoms in total. The fourth-order valence-corrected chi connectivity index (χ4v) is 1.64. The molecule has 1 rings (SSSR count). The smallest absolute Gasteiger partial charge is 0.225 e. The second-order valence-electron chi connectivity index (χ2n) is 4.65. The number of amides is 1. The first kappa shape index (κ1) is 7.72. The Balaban J connectivity index is 2.51. The van der Waals surface area contributed by atoms with Gasteiger partial charge in [-0.1, -0.05) is 20.3 Å². The highest BCUT2D eigenvalue weighted by atomic mass is 16.2. The minimum atomic E-state index is -2.27. The molecular formula is C12H23NO. The highest BCUT2D eigenvalue weighted by Crippen LogP contribution is 2.27. The Hall–Kier alpha value is -0.530. The van der Waals surface area contributed by atoms with Gasteiger partial charge in [0.2, 0.25) is 5.91 Å². The van der Waals surface area contributed by atoms with Crippen molar-refractivity contribution in [3.05, 3.63) is 0 Å². The van der Waals surface area contributed by atoms with E-state index >= 15 is 0 Å². The average Bonchev–Trinajstić information content (AvgIpc) is 2.06. The van der Waals surface area contributed by atoms with E-state index in [1.165, 1.54) is 0 Å². The number of nitrogens with zero attached hydrogens (tertiary/aromatic N) is 1. The van der Waals surface area contributed by atoms with E-state index in [0.29, 0.717) is 12.5 Å². The zero-order valence-electron chi connectivity index (χ0n) is 12.3. The van der Waals surface area contributed by atoms with Crippen LogP contribution in [0.4, 0.5) is 0 Å². The number of hydrogen-bond donors (Lipinski definition) is 0. The maximum Gasteiger partial charge on any atom is 0.225 e. The molecule has 82 valence electrons. The third kappa shape index (κ3) is 3.32. The Morgan fingerprint density at radius 1 is 1.57 bits per heavy atom. The zero-order chi connectivity index (χ0) is 13.1. The van der Waals surface area contributed by atoms with Crippen molar-refractivity contribution >= 4 is 5.91 Å². The van der Waals surface area contributed by atoms with Gasteiger partial charge in [-0.2, -0.15) is 0 Å². The van der Waals surface area contributed by atoms with Crippen LogP contribution in [-0.4, -0.2) is 24.3 Å². The van der Waals surface area contributed by atoms with Gasteiger partial charge >= 0.3 is 0 Å². The summed E-state index contributed by atoms with van der Waals surface area (Å²) in [5.74, 6) is 0.349. The Morgan fingerprint density at radius 2 is 2.29 bits per heavy atom. The largest absolute Gasteiger partial charge is 0.346 e. The number of carbonyl (C=O) groups is 1. The van der Waals surface area contributed by atoms with E-state index in [-0.39, 0.29) is 11.8 Å². The van der Waals surface area contributed by atoms with Crippen LogP contribution in [0.15, 0.2) is 0 Å². The Labute approximate surface area is 91.9 Å². The van der Waals surface area contributed by atoms with Crippen molar-refractivity contribution in [2.75, 3.05) is 13.5 Å². The standard InChI is InChI=1S/C12H23NO/c1-10(2)6-5-9-13(3)12(14)11-7-4-8-11/h10-11H,4-9H2,1-3H3/i3D3. The normalized spacial score (nSPS) is 20.9. The van der Waals surface area contributed by atoms with Gasteiger partial charge < -0.3 is 4.90 Å². The molecule has 0 N–H and O–H groups in total. The Morgan fingerprint density at radius 3 is 2.71 bits per heavy atom. The molecule has 0 atom stereocenters. The molecule has 0 spiro atoms. The minimum absolute atomic E-state index is 0.0329. The predicted molar refractivity (Wildman–Crippen MR) is 59.1 cm³/mol. The van der Waals surface area contributed by atoms with Crippen molar-refractivity contribution in [1.29, 1.82) is 0 Å². The summed E-state index contributed by atoms with van der Waals surface area (Å²) in [5, 5.41) is 0. The maximum absolute atomic E-state index is 12.0. The summed E-state index contributed by atoms with van der Waals surface area (Å²) >= 11 is 0. The van der Waals surface area contributed by atoms with Gasteiger partial charge in [0, 0.05) is 23.6 Å². The molecule has 1 aliphatic rings. The molecule has 0 radical (unpaired) electrons.